The van der Waals surface area contributed by atoms with Gasteiger partial charge in [0, 0.05) is 10.9 Å². The average molecular weight is 432 g/mol. The summed E-state index contributed by atoms with van der Waals surface area (Å²) in [5.41, 5.74) is 4.53. The van der Waals surface area contributed by atoms with Gasteiger partial charge in [-0.15, -0.1) is 11.3 Å². The van der Waals surface area contributed by atoms with Crippen LogP contribution in [0.1, 0.15) is 29.8 Å². The van der Waals surface area contributed by atoms with E-state index in [9.17, 15) is 9.59 Å². The molecule has 0 aliphatic carbocycles. The van der Waals surface area contributed by atoms with E-state index in [1.54, 1.807) is 19.1 Å². The number of nitrogens with zero attached hydrogens (tertiary/aromatic N) is 3. The minimum absolute atomic E-state index is 0.186. The lowest BCUT2D eigenvalue weighted by Crippen LogP contribution is -2.21. The van der Waals surface area contributed by atoms with Crippen LogP contribution in [-0.4, -0.2) is 29.2 Å². The van der Waals surface area contributed by atoms with Crippen LogP contribution in [-0.2, 0) is 16.0 Å². The summed E-state index contributed by atoms with van der Waals surface area (Å²) in [6, 6.07) is 17.0. The predicted octanol–water partition coefficient (Wildman–Crippen LogP) is 4.88. The molecule has 0 N–H and O–H groups in total. The van der Waals surface area contributed by atoms with Gasteiger partial charge in [-0.1, -0.05) is 48.5 Å². The summed E-state index contributed by atoms with van der Waals surface area (Å²) in [6.45, 7) is 3.94. The van der Waals surface area contributed by atoms with Crippen molar-refractivity contribution in [3.63, 3.8) is 0 Å². The Bertz CT molecular complexity index is 1160. The Hall–Kier alpha value is -3.58. The van der Waals surface area contributed by atoms with Crippen molar-refractivity contribution in [2.24, 2.45) is 5.10 Å². The molecule has 0 atom stereocenters. The van der Waals surface area contributed by atoms with Crippen molar-refractivity contribution in [1.29, 1.82) is 0 Å². The van der Waals surface area contributed by atoms with Crippen LogP contribution in [0.5, 0.6) is 0 Å². The number of carbonyl (C=O) groups is 2. The first kappa shape index (κ1) is 20.7. The van der Waals surface area contributed by atoms with Gasteiger partial charge in [0.15, 0.2) is 0 Å². The standard InChI is InChI=1S/C24H21N3O3S/c1-3-30-23(29)19-12-9-17(10-13-19)11-14-20-16(2)26-27(22(20)28)24-25-21(15-31-24)18-7-5-4-6-8-18/h4-10,12-15H,3,11H2,1-2H3/b20-14+. The zero-order valence-electron chi connectivity index (χ0n) is 17.2. The molecule has 3 aromatic rings. The van der Waals surface area contributed by atoms with E-state index in [2.05, 4.69) is 10.1 Å². The molecule has 4 rings (SSSR count). The molecule has 0 fully saturated rings. The smallest absolute Gasteiger partial charge is 0.338 e. The van der Waals surface area contributed by atoms with E-state index in [-0.39, 0.29) is 11.9 Å². The molecule has 1 aromatic heterocycles. The van der Waals surface area contributed by atoms with Crippen molar-refractivity contribution in [2.45, 2.75) is 20.3 Å². The van der Waals surface area contributed by atoms with Crippen molar-refractivity contribution in [1.82, 2.24) is 4.98 Å². The molecule has 1 aliphatic heterocycles. The van der Waals surface area contributed by atoms with Gasteiger partial charge in [-0.2, -0.15) is 10.1 Å². The van der Waals surface area contributed by atoms with Crippen LogP contribution in [0, 0.1) is 0 Å². The van der Waals surface area contributed by atoms with Gasteiger partial charge in [0.2, 0.25) is 5.13 Å². The fraction of sp³-hybridized carbons (Fsp3) is 0.167. The van der Waals surface area contributed by atoms with Gasteiger partial charge in [-0.25, -0.2) is 9.78 Å². The Morgan fingerprint density at radius 2 is 1.87 bits per heavy atom. The summed E-state index contributed by atoms with van der Waals surface area (Å²) < 4.78 is 5.00. The van der Waals surface area contributed by atoms with Crippen LogP contribution >= 0.6 is 11.3 Å². The summed E-state index contributed by atoms with van der Waals surface area (Å²) in [7, 11) is 0. The van der Waals surface area contributed by atoms with Crippen molar-refractivity contribution < 1.29 is 14.3 Å². The molecule has 156 valence electrons. The van der Waals surface area contributed by atoms with E-state index in [0.717, 1.165) is 16.8 Å². The van der Waals surface area contributed by atoms with Crippen molar-refractivity contribution in [2.75, 3.05) is 11.6 Å². The van der Waals surface area contributed by atoms with Crippen LogP contribution in [0.3, 0.4) is 0 Å². The van der Waals surface area contributed by atoms with Crippen molar-refractivity contribution >= 4 is 34.1 Å². The maximum atomic E-state index is 12.9. The number of hydrazone groups is 1. The van der Waals surface area contributed by atoms with Gasteiger partial charge in [-0.05, 0) is 38.0 Å². The lowest BCUT2D eigenvalue weighted by Gasteiger charge is -2.07. The third-order valence-corrected chi connectivity index (χ3v) is 5.63. The number of ether oxygens (including phenoxy) is 1. The number of esters is 1. The molecule has 6 nitrogen and oxygen atoms in total. The van der Waals surface area contributed by atoms with E-state index in [4.69, 9.17) is 4.74 Å². The third-order valence-electron chi connectivity index (χ3n) is 4.81. The second-order valence-electron chi connectivity index (χ2n) is 6.92. The summed E-state index contributed by atoms with van der Waals surface area (Å²) in [6.07, 6.45) is 2.42. The topological polar surface area (TPSA) is 71.9 Å². The molecular formula is C24H21N3O3S. The number of hydrogen-bond donors (Lipinski definition) is 0. The highest BCUT2D eigenvalue weighted by Crippen LogP contribution is 2.31. The number of allylic oxidation sites excluding steroid dienone is 1. The molecule has 0 radical (unpaired) electrons. The van der Waals surface area contributed by atoms with Gasteiger partial charge in [0.25, 0.3) is 5.91 Å². The summed E-state index contributed by atoms with van der Waals surface area (Å²) >= 11 is 1.39. The number of amides is 1. The molecule has 0 saturated heterocycles. The lowest BCUT2D eigenvalue weighted by atomic mass is 10.1. The van der Waals surface area contributed by atoms with E-state index in [1.165, 1.54) is 16.3 Å². The van der Waals surface area contributed by atoms with Crippen LogP contribution in [0.4, 0.5) is 5.13 Å². The van der Waals surface area contributed by atoms with Gasteiger partial charge in [0.1, 0.15) is 0 Å². The third kappa shape index (κ3) is 4.46. The van der Waals surface area contributed by atoms with Gasteiger partial charge in [0.05, 0.1) is 29.1 Å². The molecule has 2 aromatic carbocycles. The number of benzene rings is 2. The first-order valence-corrected chi connectivity index (χ1v) is 10.8. The Morgan fingerprint density at radius 3 is 2.58 bits per heavy atom. The number of thiazole rings is 1. The molecule has 1 amide bonds. The maximum Gasteiger partial charge on any atom is 0.338 e. The minimum atomic E-state index is -0.338. The second-order valence-corrected chi connectivity index (χ2v) is 7.76. The lowest BCUT2D eigenvalue weighted by molar-refractivity contribution is -0.114. The highest BCUT2D eigenvalue weighted by Gasteiger charge is 2.30. The summed E-state index contributed by atoms with van der Waals surface area (Å²) in [4.78, 5) is 29.3. The van der Waals surface area contributed by atoms with Gasteiger partial charge in [-0.3, -0.25) is 4.79 Å². The fourth-order valence-corrected chi connectivity index (χ4v) is 3.98. The Labute approximate surface area is 184 Å². The van der Waals surface area contributed by atoms with Crippen LogP contribution in [0.25, 0.3) is 11.3 Å². The number of anilines is 1. The summed E-state index contributed by atoms with van der Waals surface area (Å²) in [5.74, 6) is -0.523. The van der Waals surface area contributed by atoms with E-state index in [0.29, 0.717) is 35.0 Å². The van der Waals surface area contributed by atoms with Crippen LogP contribution in [0.15, 0.2) is 76.7 Å². The van der Waals surface area contributed by atoms with E-state index < -0.39 is 0 Å². The highest BCUT2D eigenvalue weighted by molar-refractivity contribution is 7.14. The second kappa shape index (κ2) is 9.06. The number of carbonyl (C=O) groups excluding carboxylic acids is 2. The Morgan fingerprint density at radius 1 is 1.13 bits per heavy atom. The first-order valence-electron chi connectivity index (χ1n) is 9.94. The molecule has 0 saturated carbocycles. The normalized spacial score (nSPS) is 14.8. The van der Waals surface area contributed by atoms with Gasteiger partial charge < -0.3 is 4.74 Å². The number of hydrogen-bond acceptors (Lipinski definition) is 6. The molecular weight excluding hydrogens is 410 g/mol. The van der Waals surface area contributed by atoms with Crippen LogP contribution in [0.2, 0.25) is 0 Å². The maximum absolute atomic E-state index is 12.9. The summed E-state index contributed by atoms with van der Waals surface area (Å²) in [5, 5.41) is 8.25. The number of aromatic nitrogens is 1. The quantitative estimate of drug-likeness (QED) is 0.412. The molecule has 1 aliphatic rings. The molecule has 31 heavy (non-hydrogen) atoms. The Balaban J connectivity index is 1.47. The van der Waals surface area contributed by atoms with Crippen molar-refractivity contribution in [3.8, 4) is 11.3 Å². The van der Waals surface area contributed by atoms with Crippen molar-refractivity contribution in [3.05, 3.63) is 82.8 Å². The molecule has 0 unspecified atom stereocenters. The SMILES string of the molecule is CCOC(=O)c1ccc(C/C=C2/C(=O)N(c3nc(-c4ccccc4)cs3)N=C2C)cc1. The van der Waals surface area contributed by atoms with E-state index in [1.807, 2.05) is 60.8 Å². The molecule has 0 spiro atoms. The largest absolute Gasteiger partial charge is 0.462 e. The predicted molar refractivity (Wildman–Crippen MR) is 122 cm³/mol. The van der Waals surface area contributed by atoms with Gasteiger partial charge >= 0.3 is 5.97 Å². The Kier molecular flexibility index (Phi) is 6.04. The zero-order valence-corrected chi connectivity index (χ0v) is 18.1. The van der Waals surface area contributed by atoms with Crippen LogP contribution < -0.4 is 5.01 Å². The average Bonchev–Trinajstić information content (AvgIpc) is 3.38. The minimum Gasteiger partial charge on any atom is -0.462 e. The molecule has 7 heteroatoms. The van der Waals surface area contributed by atoms with E-state index >= 15 is 0 Å². The number of rotatable bonds is 6. The fourth-order valence-electron chi connectivity index (χ4n) is 3.20. The molecule has 2 heterocycles. The monoisotopic (exact) mass is 431 g/mol. The highest BCUT2D eigenvalue weighted by atomic mass is 32.1. The molecule has 0 bridgehead atoms. The zero-order chi connectivity index (χ0) is 21.8. The first-order chi connectivity index (χ1) is 15.1.